The molecule has 1 saturated carbocycles. The van der Waals surface area contributed by atoms with E-state index in [4.69, 9.17) is 10.5 Å². The Morgan fingerprint density at radius 3 is 2.45 bits per heavy atom. The third kappa shape index (κ3) is 5.79. The van der Waals surface area contributed by atoms with Crippen LogP contribution in [0.1, 0.15) is 30.9 Å². The first-order chi connectivity index (χ1) is 18.1. The minimum Gasteiger partial charge on any atom is -0.598 e. The molecule has 5 rings (SSSR count). The molecule has 2 N–H and O–H groups in total. The molecule has 1 aliphatic heterocycles. The number of aryl methyl sites for hydroxylation is 1. The number of ether oxygens (including phenoxy) is 1. The third-order valence-electron chi connectivity index (χ3n) is 7.12. The van der Waals surface area contributed by atoms with Gasteiger partial charge in [-0.2, -0.15) is 9.78 Å². The van der Waals surface area contributed by atoms with Crippen molar-refractivity contribution >= 4 is 22.7 Å². The number of hydrogen-bond acceptors (Lipinski definition) is 7. The van der Waals surface area contributed by atoms with Crippen LogP contribution in [-0.2, 0) is 17.1 Å². The summed E-state index contributed by atoms with van der Waals surface area (Å²) in [6, 6.07) is 8.56. The number of aromatic nitrogens is 2. The van der Waals surface area contributed by atoms with Crippen molar-refractivity contribution in [2.24, 2.45) is 5.41 Å². The highest BCUT2D eigenvalue weighted by Crippen LogP contribution is 2.45. The van der Waals surface area contributed by atoms with Crippen molar-refractivity contribution < 1.29 is 18.1 Å². The van der Waals surface area contributed by atoms with E-state index in [0.29, 0.717) is 49.9 Å². The minimum atomic E-state index is -1.25. The van der Waals surface area contributed by atoms with E-state index >= 15 is 0 Å². The Bertz CT molecular complexity index is 1370. The third-order valence-corrected chi connectivity index (χ3v) is 8.62. The molecule has 8 nitrogen and oxygen atoms in total. The molecule has 0 amide bonds. The molecule has 2 aliphatic rings. The highest BCUT2D eigenvalue weighted by molar-refractivity contribution is 7.88. The number of nitrogens with two attached hydrogens (primary N) is 1. The fraction of sp³-hybridized carbons (Fsp3) is 0.407. The van der Waals surface area contributed by atoms with E-state index in [1.165, 1.54) is 6.20 Å². The Kier molecular flexibility index (Phi) is 7.34. The van der Waals surface area contributed by atoms with Crippen molar-refractivity contribution in [2.45, 2.75) is 32.4 Å². The summed E-state index contributed by atoms with van der Waals surface area (Å²) in [6.07, 6.45) is 3.51. The van der Waals surface area contributed by atoms with Gasteiger partial charge in [0.2, 0.25) is 5.75 Å². The summed E-state index contributed by atoms with van der Waals surface area (Å²) < 4.78 is 49.7. The lowest BCUT2D eigenvalue weighted by atomic mass is 10.1. The molecule has 1 aromatic heterocycles. The number of halogens is 2. The van der Waals surface area contributed by atoms with Crippen LogP contribution in [0.25, 0.3) is 5.69 Å². The van der Waals surface area contributed by atoms with E-state index in [1.807, 2.05) is 34.3 Å². The molecule has 1 aliphatic carbocycles. The predicted octanol–water partition coefficient (Wildman–Crippen LogP) is 3.57. The van der Waals surface area contributed by atoms with Crippen molar-refractivity contribution in [2.75, 3.05) is 43.4 Å². The molecule has 0 unspecified atom stereocenters. The van der Waals surface area contributed by atoms with Gasteiger partial charge in [0.05, 0.1) is 31.6 Å². The largest absolute Gasteiger partial charge is 0.598 e. The van der Waals surface area contributed by atoms with Crippen LogP contribution < -0.4 is 20.9 Å². The Balaban J connectivity index is 1.35. The molecule has 1 saturated heterocycles. The molecular formula is C27H31F2N5O3S. The smallest absolute Gasteiger partial charge is 0.316 e. The normalized spacial score (nSPS) is 17.9. The van der Waals surface area contributed by atoms with E-state index in [9.17, 15) is 18.1 Å². The van der Waals surface area contributed by atoms with Crippen molar-refractivity contribution in [1.82, 2.24) is 14.1 Å². The van der Waals surface area contributed by atoms with Crippen LogP contribution in [0.2, 0.25) is 0 Å². The lowest BCUT2D eigenvalue weighted by Gasteiger charge is -2.36. The van der Waals surface area contributed by atoms with Crippen LogP contribution in [0, 0.1) is 24.0 Å². The van der Waals surface area contributed by atoms with Gasteiger partial charge in [0.15, 0.2) is 5.75 Å². The molecule has 11 heteroatoms. The Labute approximate surface area is 223 Å². The highest BCUT2D eigenvalue weighted by atomic mass is 32.2. The van der Waals surface area contributed by atoms with Crippen molar-refractivity contribution in [3.05, 3.63) is 75.7 Å². The number of rotatable bonds is 8. The van der Waals surface area contributed by atoms with Crippen LogP contribution in [0.5, 0.6) is 5.75 Å². The first kappa shape index (κ1) is 26.5. The second kappa shape index (κ2) is 10.5. The summed E-state index contributed by atoms with van der Waals surface area (Å²) >= 11 is -1.25. The average Bonchev–Trinajstić information content (AvgIpc) is 3.62. The maximum absolute atomic E-state index is 13.9. The Hall–Kier alpha value is -3.15. The molecule has 2 heterocycles. The van der Waals surface area contributed by atoms with Crippen LogP contribution in [0.3, 0.4) is 0 Å². The second-order valence-corrected chi connectivity index (χ2v) is 11.8. The van der Waals surface area contributed by atoms with E-state index in [1.54, 1.807) is 0 Å². The summed E-state index contributed by atoms with van der Waals surface area (Å²) in [5.74, 6) is -1.17. The molecule has 0 spiro atoms. The van der Waals surface area contributed by atoms with Gasteiger partial charge >= 0.3 is 5.56 Å². The van der Waals surface area contributed by atoms with Gasteiger partial charge < -0.3 is 19.9 Å². The molecule has 38 heavy (non-hydrogen) atoms. The van der Waals surface area contributed by atoms with Crippen molar-refractivity contribution in [1.29, 1.82) is 0 Å². The lowest BCUT2D eigenvalue weighted by Crippen LogP contribution is -2.49. The quantitative estimate of drug-likeness (QED) is 0.343. The van der Waals surface area contributed by atoms with Gasteiger partial charge in [-0.15, -0.1) is 4.31 Å². The van der Waals surface area contributed by atoms with E-state index in [-0.39, 0.29) is 16.9 Å². The first-order valence-electron chi connectivity index (χ1n) is 12.6. The van der Waals surface area contributed by atoms with Crippen molar-refractivity contribution in [3.63, 3.8) is 0 Å². The SMILES string of the molecule is Cc1ccc(N)c(C[S@@+]([O-])N2CCN(c3cnn(-c4cc(F)cc(F)c4)c(=O)c3OCC3(C)CC3)CC2)c1. The predicted molar refractivity (Wildman–Crippen MR) is 144 cm³/mol. The zero-order valence-electron chi connectivity index (χ0n) is 21.5. The van der Waals surface area contributed by atoms with Crippen LogP contribution >= 0.6 is 0 Å². The standard InChI is InChI=1S/C27H31F2N5O3S/c1-18-3-4-23(30)19(11-18)16-38(36)33-9-7-32(8-10-33)24-15-31-34(22-13-20(28)12-21(29)14-22)26(35)25(24)37-17-27(2)5-6-27/h3-4,11-15H,5-10,16-17,30H2,1-2H3/t38-/m1/s1. The van der Waals surface area contributed by atoms with Gasteiger partial charge in [0, 0.05) is 47.2 Å². The van der Waals surface area contributed by atoms with Gasteiger partial charge in [-0.05, 0) is 44.0 Å². The highest BCUT2D eigenvalue weighted by Gasteiger charge is 2.39. The molecular weight excluding hydrogens is 512 g/mol. The lowest BCUT2D eigenvalue weighted by molar-refractivity contribution is 0.242. The van der Waals surface area contributed by atoms with Crippen LogP contribution in [0.15, 0.2) is 47.4 Å². The zero-order valence-corrected chi connectivity index (χ0v) is 22.3. The summed E-state index contributed by atoms with van der Waals surface area (Å²) in [5, 5.41) is 4.22. The summed E-state index contributed by atoms with van der Waals surface area (Å²) in [4.78, 5) is 15.4. The fourth-order valence-electron chi connectivity index (χ4n) is 4.46. The number of nitrogen functional groups attached to an aromatic ring is 1. The molecule has 2 aromatic carbocycles. The van der Waals surface area contributed by atoms with E-state index in [2.05, 4.69) is 12.0 Å². The topological polar surface area (TPSA) is 99.7 Å². The second-order valence-electron chi connectivity index (χ2n) is 10.4. The Morgan fingerprint density at radius 2 is 1.79 bits per heavy atom. The molecule has 0 radical (unpaired) electrons. The van der Waals surface area contributed by atoms with E-state index in [0.717, 1.165) is 46.8 Å². The number of anilines is 2. The van der Waals surface area contributed by atoms with Gasteiger partial charge in [-0.1, -0.05) is 18.6 Å². The monoisotopic (exact) mass is 543 g/mol. The molecule has 3 aromatic rings. The van der Waals surface area contributed by atoms with Gasteiger partial charge in [-0.3, -0.25) is 4.79 Å². The fourth-order valence-corrected chi connectivity index (χ4v) is 5.73. The van der Waals surface area contributed by atoms with Crippen molar-refractivity contribution in [3.8, 4) is 11.4 Å². The molecule has 2 fully saturated rings. The first-order valence-corrected chi connectivity index (χ1v) is 13.8. The van der Waals surface area contributed by atoms with Gasteiger partial charge in [0.25, 0.3) is 0 Å². The Morgan fingerprint density at radius 1 is 1.11 bits per heavy atom. The molecule has 0 bridgehead atoms. The zero-order chi connectivity index (χ0) is 27.0. The summed E-state index contributed by atoms with van der Waals surface area (Å²) in [7, 11) is 0. The number of piperazine rings is 1. The minimum absolute atomic E-state index is 0.00993. The number of nitrogens with zero attached hydrogens (tertiary/aromatic N) is 4. The van der Waals surface area contributed by atoms with Gasteiger partial charge in [0.1, 0.15) is 17.3 Å². The van der Waals surface area contributed by atoms with Crippen LogP contribution in [-0.4, -0.2) is 51.4 Å². The summed E-state index contributed by atoms with van der Waals surface area (Å²) in [5.41, 5.74) is 8.54. The van der Waals surface area contributed by atoms with E-state index < -0.39 is 28.6 Å². The maximum atomic E-state index is 13.9. The summed E-state index contributed by atoms with van der Waals surface area (Å²) in [6.45, 7) is 6.44. The molecule has 1 atom stereocenters. The average molecular weight is 544 g/mol. The van der Waals surface area contributed by atoms with Gasteiger partial charge in [-0.25, -0.2) is 8.78 Å². The maximum Gasteiger partial charge on any atom is 0.316 e. The molecule has 202 valence electrons. The number of benzene rings is 2. The van der Waals surface area contributed by atoms with Crippen LogP contribution in [0.4, 0.5) is 20.2 Å². The number of hydrogen-bond donors (Lipinski definition) is 1.